The molecule has 0 aliphatic heterocycles. The van der Waals surface area contributed by atoms with Crippen molar-refractivity contribution < 1.29 is 14.0 Å². The SMILES string of the molecule is CCCCNC(=O)[C@H](Cc1ccccc1)N(Cc1ccccc1F)C(=O)CCc1ccc(C(C)(C)C)cc1. The van der Waals surface area contributed by atoms with Gasteiger partial charge in [0.15, 0.2) is 0 Å². The van der Waals surface area contributed by atoms with Gasteiger partial charge in [0, 0.05) is 31.5 Å². The number of carbonyl (C=O) groups excluding carboxylic acids is 2. The molecule has 0 unspecified atom stereocenters. The van der Waals surface area contributed by atoms with E-state index in [1.807, 2.05) is 30.3 Å². The van der Waals surface area contributed by atoms with Crippen LogP contribution in [0.25, 0.3) is 0 Å². The van der Waals surface area contributed by atoms with E-state index in [0.29, 0.717) is 24.9 Å². The zero-order valence-corrected chi connectivity index (χ0v) is 23.2. The van der Waals surface area contributed by atoms with Gasteiger partial charge in [0.1, 0.15) is 11.9 Å². The fraction of sp³-hybridized carbons (Fsp3) is 0.394. The lowest BCUT2D eigenvalue weighted by Crippen LogP contribution is -2.50. The average Bonchev–Trinajstić information content (AvgIpc) is 2.90. The van der Waals surface area contributed by atoms with E-state index in [9.17, 15) is 14.0 Å². The molecular formula is C33H41FN2O2. The van der Waals surface area contributed by atoms with Crippen LogP contribution in [0.2, 0.25) is 0 Å². The van der Waals surface area contributed by atoms with Gasteiger partial charge < -0.3 is 10.2 Å². The Hall–Kier alpha value is -3.47. The third-order valence-electron chi connectivity index (χ3n) is 6.85. The van der Waals surface area contributed by atoms with Gasteiger partial charge >= 0.3 is 0 Å². The van der Waals surface area contributed by atoms with Gasteiger partial charge in [-0.1, -0.05) is 107 Å². The number of aryl methyl sites for hydroxylation is 1. The van der Waals surface area contributed by atoms with Crippen molar-refractivity contribution in [2.24, 2.45) is 0 Å². The second-order valence-corrected chi connectivity index (χ2v) is 10.9. The van der Waals surface area contributed by atoms with Crippen LogP contribution in [0.15, 0.2) is 78.9 Å². The van der Waals surface area contributed by atoms with Gasteiger partial charge in [-0.3, -0.25) is 9.59 Å². The average molecular weight is 517 g/mol. The van der Waals surface area contributed by atoms with Crippen LogP contribution in [-0.2, 0) is 34.4 Å². The molecule has 0 heterocycles. The predicted octanol–water partition coefficient (Wildman–Crippen LogP) is 6.61. The summed E-state index contributed by atoms with van der Waals surface area (Å²) in [6.07, 6.45) is 2.95. The van der Waals surface area contributed by atoms with Crippen LogP contribution in [0, 0.1) is 5.82 Å². The maximum absolute atomic E-state index is 14.7. The number of hydrogen-bond acceptors (Lipinski definition) is 2. The largest absolute Gasteiger partial charge is 0.354 e. The van der Waals surface area contributed by atoms with Gasteiger partial charge in [0.05, 0.1) is 0 Å². The summed E-state index contributed by atoms with van der Waals surface area (Å²) in [7, 11) is 0. The number of nitrogens with one attached hydrogen (secondary N) is 1. The quantitative estimate of drug-likeness (QED) is 0.275. The summed E-state index contributed by atoms with van der Waals surface area (Å²) in [5, 5.41) is 3.01. The van der Waals surface area contributed by atoms with Crippen LogP contribution >= 0.6 is 0 Å². The zero-order chi connectivity index (χ0) is 27.5. The molecule has 4 nitrogen and oxygen atoms in total. The minimum atomic E-state index is -0.746. The van der Waals surface area contributed by atoms with Crippen molar-refractivity contribution in [2.75, 3.05) is 6.54 Å². The van der Waals surface area contributed by atoms with Crippen molar-refractivity contribution in [3.05, 3.63) is 107 Å². The Bertz CT molecular complexity index is 1170. The van der Waals surface area contributed by atoms with Gasteiger partial charge in [-0.05, 0) is 41.0 Å². The summed E-state index contributed by atoms with van der Waals surface area (Å²) in [6, 6.07) is 23.7. The monoisotopic (exact) mass is 516 g/mol. The molecule has 1 atom stereocenters. The maximum Gasteiger partial charge on any atom is 0.243 e. The Morgan fingerprint density at radius 3 is 2.18 bits per heavy atom. The number of carbonyl (C=O) groups is 2. The third-order valence-corrected chi connectivity index (χ3v) is 6.85. The number of unbranched alkanes of at least 4 members (excludes halogenated alkanes) is 1. The van der Waals surface area contributed by atoms with Crippen LogP contribution in [0.1, 0.15) is 69.2 Å². The van der Waals surface area contributed by atoms with Crippen LogP contribution < -0.4 is 5.32 Å². The second-order valence-electron chi connectivity index (χ2n) is 10.9. The Labute approximate surface area is 227 Å². The summed E-state index contributed by atoms with van der Waals surface area (Å²) >= 11 is 0. The van der Waals surface area contributed by atoms with E-state index in [1.165, 1.54) is 11.6 Å². The molecule has 0 aromatic heterocycles. The molecule has 0 aliphatic carbocycles. The summed E-state index contributed by atoms with van der Waals surface area (Å²) in [6.45, 7) is 9.16. The van der Waals surface area contributed by atoms with Crippen LogP contribution in [0.4, 0.5) is 4.39 Å². The summed E-state index contributed by atoms with van der Waals surface area (Å²) in [5.41, 5.74) is 3.70. The highest BCUT2D eigenvalue weighted by molar-refractivity contribution is 5.88. The first-order valence-electron chi connectivity index (χ1n) is 13.6. The minimum Gasteiger partial charge on any atom is -0.354 e. The molecule has 3 rings (SSSR count). The molecule has 0 saturated heterocycles. The summed E-state index contributed by atoms with van der Waals surface area (Å²) in [4.78, 5) is 28.8. The second kappa shape index (κ2) is 13.9. The summed E-state index contributed by atoms with van der Waals surface area (Å²) in [5.74, 6) is -0.755. The fourth-order valence-electron chi connectivity index (χ4n) is 4.44. The van der Waals surface area contributed by atoms with E-state index in [4.69, 9.17) is 0 Å². The first-order chi connectivity index (χ1) is 18.2. The molecule has 38 heavy (non-hydrogen) atoms. The number of halogens is 1. The van der Waals surface area contributed by atoms with Gasteiger partial charge in [-0.25, -0.2) is 4.39 Å². The van der Waals surface area contributed by atoms with E-state index in [1.54, 1.807) is 23.1 Å². The van der Waals surface area contributed by atoms with Crippen molar-refractivity contribution in [3.63, 3.8) is 0 Å². The van der Waals surface area contributed by atoms with Gasteiger partial charge in [0.25, 0.3) is 0 Å². The highest BCUT2D eigenvalue weighted by Gasteiger charge is 2.30. The highest BCUT2D eigenvalue weighted by atomic mass is 19.1. The zero-order valence-electron chi connectivity index (χ0n) is 23.2. The first kappa shape index (κ1) is 29.1. The van der Waals surface area contributed by atoms with Crippen molar-refractivity contribution >= 4 is 11.8 Å². The molecule has 2 amide bonds. The molecule has 0 aliphatic rings. The number of hydrogen-bond donors (Lipinski definition) is 1. The lowest BCUT2D eigenvalue weighted by molar-refractivity contribution is -0.141. The molecule has 1 N–H and O–H groups in total. The van der Waals surface area contributed by atoms with Crippen LogP contribution in [0.5, 0.6) is 0 Å². The smallest absolute Gasteiger partial charge is 0.243 e. The van der Waals surface area contributed by atoms with Gasteiger partial charge in [0.2, 0.25) is 11.8 Å². The molecule has 202 valence electrons. The van der Waals surface area contributed by atoms with Crippen LogP contribution in [0.3, 0.4) is 0 Å². The molecule has 0 spiro atoms. The Kier molecular flexibility index (Phi) is 10.6. The number of benzene rings is 3. The van der Waals surface area contributed by atoms with E-state index in [2.05, 4.69) is 57.3 Å². The molecule has 0 saturated carbocycles. The van der Waals surface area contributed by atoms with Crippen molar-refractivity contribution in [3.8, 4) is 0 Å². The Balaban J connectivity index is 1.87. The lowest BCUT2D eigenvalue weighted by Gasteiger charge is -2.32. The van der Waals surface area contributed by atoms with E-state index < -0.39 is 6.04 Å². The minimum absolute atomic E-state index is 0.0349. The normalized spacial score (nSPS) is 12.1. The number of amides is 2. The van der Waals surface area contributed by atoms with Gasteiger partial charge in [-0.15, -0.1) is 0 Å². The molecule has 0 fully saturated rings. The first-order valence-corrected chi connectivity index (χ1v) is 13.6. The standard InChI is InChI=1S/C33H41FN2O2/c1-5-6-22-35-32(38)30(23-26-12-8-7-9-13-26)36(24-27-14-10-11-15-29(27)34)31(37)21-18-25-16-19-28(20-17-25)33(2,3)4/h7-17,19-20,30H,5-6,18,21-24H2,1-4H3,(H,35,38)/t30-/m0/s1. The van der Waals surface area contributed by atoms with Crippen molar-refractivity contribution in [1.82, 2.24) is 10.2 Å². The molecule has 3 aromatic rings. The summed E-state index contributed by atoms with van der Waals surface area (Å²) < 4.78 is 14.7. The van der Waals surface area contributed by atoms with E-state index in [-0.39, 0.29) is 36.0 Å². The molecule has 5 heteroatoms. The maximum atomic E-state index is 14.7. The van der Waals surface area contributed by atoms with Crippen LogP contribution in [-0.4, -0.2) is 29.3 Å². The number of nitrogens with zero attached hydrogens (tertiary/aromatic N) is 1. The Morgan fingerprint density at radius 1 is 0.895 bits per heavy atom. The van der Waals surface area contributed by atoms with Gasteiger partial charge in [-0.2, -0.15) is 0 Å². The lowest BCUT2D eigenvalue weighted by atomic mass is 9.86. The van der Waals surface area contributed by atoms with Crippen molar-refractivity contribution in [1.29, 1.82) is 0 Å². The van der Waals surface area contributed by atoms with Crippen molar-refractivity contribution in [2.45, 2.75) is 77.8 Å². The fourth-order valence-corrected chi connectivity index (χ4v) is 4.44. The Morgan fingerprint density at radius 2 is 1.55 bits per heavy atom. The number of rotatable bonds is 12. The predicted molar refractivity (Wildman–Crippen MR) is 152 cm³/mol. The van der Waals surface area contributed by atoms with E-state index >= 15 is 0 Å². The molecular weight excluding hydrogens is 475 g/mol. The molecule has 3 aromatic carbocycles. The highest BCUT2D eigenvalue weighted by Crippen LogP contribution is 2.23. The molecule has 0 radical (unpaired) electrons. The topological polar surface area (TPSA) is 49.4 Å². The molecule has 0 bridgehead atoms. The van der Waals surface area contributed by atoms with E-state index in [0.717, 1.165) is 24.0 Å². The third kappa shape index (κ3) is 8.54.